The molecule has 27 heavy (non-hydrogen) atoms. The molecule has 3 aromatic rings. The van der Waals surface area contributed by atoms with Gasteiger partial charge in [0.15, 0.2) is 0 Å². The van der Waals surface area contributed by atoms with Crippen LogP contribution in [0, 0.1) is 0 Å². The number of piperazine rings is 1. The number of ether oxygens (including phenoxy) is 2. The molecule has 4 rings (SSSR count). The third kappa shape index (κ3) is 3.61. The van der Waals surface area contributed by atoms with Crippen LogP contribution in [0.1, 0.15) is 17.2 Å². The lowest BCUT2D eigenvalue weighted by Crippen LogP contribution is -2.45. The number of fused-ring (bicyclic) bond motifs is 1. The smallest absolute Gasteiger partial charge is 0.124 e. The molecule has 1 aliphatic heterocycles. The molecule has 2 heterocycles. The van der Waals surface area contributed by atoms with Gasteiger partial charge in [0.05, 0.1) is 20.3 Å². The van der Waals surface area contributed by atoms with Gasteiger partial charge in [-0.1, -0.05) is 12.1 Å². The quantitative estimate of drug-likeness (QED) is 0.754. The summed E-state index contributed by atoms with van der Waals surface area (Å²) < 4.78 is 11.2. The zero-order valence-corrected chi connectivity index (χ0v) is 15.8. The van der Waals surface area contributed by atoms with E-state index in [4.69, 9.17) is 9.47 Å². The Balaban J connectivity index is 1.86. The first-order chi connectivity index (χ1) is 13.3. The molecule has 1 aliphatic rings. The Morgan fingerprint density at radius 1 is 0.963 bits per heavy atom. The Kier molecular flexibility index (Phi) is 5.23. The van der Waals surface area contributed by atoms with E-state index < -0.39 is 0 Å². The van der Waals surface area contributed by atoms with Crippen LogP contribution >= 0.6 is 0 Å². The number of methoxy groups -OCH3 is 2. The van der Waals surface area contributed by atoms with E-state index >= 15 is 0 Å². The zero-order valence-electron chi connectivity index (χ0n) is 15.8. The van der Waals surface area contributed by atoms with Crippen LogP contribution in [0.4, 0.5) is 0 Å². The van der Waals surface area contributed by atoms with E-state index in [9.17, 15) is 0 Å². The minimum Gasteiger partial charge on any atom is -0.497 e. The van der Waals surface area contributed by atoms with Gasteiger partial charge in [-0.15, -0.1) is 0 Å². The van der Waals surface area contributed by atoms with Crippen molar-refractivity contribution in [1.82, 2.24) is 15.2 Å². The maximum absolute atomic E-state index is 5.72. The SMILES string of the molecule is COc1ccc(OC)c(C(c2ccc3cnccc3c2)N2CCNCC2)c1. The van der Waals surface area contributed by atoms with Gasteiger partial charge in [-0.3, -0.25) is 9.88 Å². The van der Waals surface area contributed by atoms with Crippen LogP contribution in [0.5, 0.6) is 11.5 Å². The molecule has 1 atom stereocenters. The van der Waals surface area contributed by atoms with Crippen LogP contribution in [0.25, 0.3) is 10.8 Å². The van der Waals surface area contributed by atoms with Gasteiger partial charge in [0.1, 0.15) is 11.5 Å². The van der Waals surface area contributed by atoms with Crippen molar-refractivity contribution >= 4 is 10.8 Å². The number of rotatable bonds is 5. The summed E-state index contributed by atoms with van der Waals surface area (Å²) >= 11 is 0. The fraction of sp³-hybridized carbons (Fsp3) is 0.318. The predicted molar refractivity (Wildman–Crippen MR) is 108 cm³/mol. The van der Waals surface area contributed by atoms with E-state index in [-0.39, 0.29) is 6.04 Å². The normalized spacial score (nSPS) is 16.2. The number of hydrogen-bond donors (Lipinski definition) is 1. The van der Waals surface area contributed by atoms with Gasteiger partial charge in [0.2, 0.25) is 0 Å². The number of hydrogen-bond acceptors (Lipinski definition) is 5. The van der Waals surface area contributed by atoms with Gasteiger partial charge >= 0.3 is 0 Å². The van der Waals surface area contributed by atoms with E-state index in [0.717, 1.165) is 48.6 Å². The fourth-order valence-corrected chi connectivity index (χ4v) is 3.85. The number of benzene rings is 2. The summed E-state index contributed by atoms with van der Waals surface area (Å²) in [6.07, 6.45) is 3.75. The molecule has 140 valence electrons. The van der Waals surface area contributed by atoms with Crippen molar-refractivity contribution in [3.63, 3.8) is 0 Å². The highest BCUT2D eigenvalue weighted by molar-refractivity contribution is 5.82. The second-order valence-corrected chi connectivity index (χ2v) is 6.78. The molecule has 0 aliphatic carbocycles. The zero-order chi connectivity index (χ0) is 18.6. The van der Waals surface area contributed by atoms with E-state index in [1.54, 1.807) is 14.2 Å². The second kappa shape index (κ2) is 7.94. The number of nitrogens with one attached hydrogen (secondary N) is 1. The first kappa shape index (κ1) is 17.8. The summed E-state index contributed by atoms with van der Waals surface area (Å²) in [5.74, 6) is 1.73. The molecule has 0 spiro atoms. The van der Waals surface area contributed by atoms with E-state index in [2.05, 4.69) is 45.5 Å². The largest absolute Gasteiger partial charge is 0.497 e. The molecule has 0 saturated carbocycles. The molecular formula is C22H25N3O2. The Morgan fingerprint density at radius 3 is 2.59 bits per heavy atom. The number of pyridine rings is 1. The molecule has 2 aromatic carbocycles. The summed E-state index contributed by atoms with van der Waals surface area (Å²) in [6, 6.07) is 14.8. The monoisotopic (exact) mass is 363 g/mol. The van der Waals surface area contributed by atoms with Gasteiger partial charge in [-0.25, -0.2) is 0 Å². The fourth-order valence-electron chi connectivity index (χ4n) is 3.85. The topological polar surface area (TPSA) is 46.6 Å². The molecule has 1 fully saturated rings. The van der Waals surface area contributed by atoms with Crippen LogP contribution in [0.3, 0.4) is 0 Å². The van der Waals surface area contributed by atoms with Crippen molar-refractivity contribution in [2.45, 2.75) is 6.04 Å². The maximum Gasteiger partial charge on any atom is 0.124 e. The molecule has 5 heteroatoms. The maximum atomic E-state index is 5.72. The number of nitrogens with zero attached hydrogens (tertiary/aromatic N) is 2. The minimum atomic E-state index is 0.106. The Hall–Kier alpha value is -2.63. The summed E-state index contributed by atoms with van der Waals surface area (Å²) in [7, 11) is 3.43. The van der Waals surface area contributed by atoms with Crippen LogP contribution in [0.2, 0.25) is 0 Å². The molecule has 5 nitrogen and oxygen atoms in total. The Bertz CT molecular complexity index is 922. The highest BCUT2D eigenvalue weighted by atomic mass is 16.5. The van der Waals surface area contributed by atoms with E-state index in [0.29, 0.717) is 0 Å². The summed E-state index contributed by atoms with van der Waals surface area (Å²) in [5.41, 5.74) is 2.38. The molecule has 1 aromatic heterocycles. The van der Waals surface area contributed by atoms with Crippen molar-refractivity contribution in [2.75, 3.05) is 40.4 Å². The van der Waals surface area contributed by atoms with Crippen molar-refractivity contribution in [2.24, 2.45) is 0 Å². The molecule has 1 N–H and O–H groups in total. The van der Waals surface area contributed by atoms with Crippen LogP contribution < -0.4 is 14.8 Å². The van der Waals surface area contributed by atoms with Gasteiger partial charge in [0, 0.05) is 49.5 Å². The highest BCUT2D eigenvalue weighted by Crippen LogP contribution is 2.38. The lowest BCUT2D eigenvalue weighted by molar-refractivity contribution is 0.195. The Morgan fingerprint density at radius 2 is 1.81 bits per heavy atom. The average molecular weight is 363 g/mol. The third-order valence-electron chi connectivity index (χ3n) is 5.23. The van der Waals surface area contributed by atoms with Gasteiger partial charge in [0.25, 0.3) is 0 Å². The summed E-state index contributed by atoms with van der Waals surface area (Å²) in [4.78, 5) is 6.74. The number of aromatic nitrogens is 1. The first-order valence-corrected chi connectivity index (χ1v) is 9.30. The molecule has 1 saturated heterocycles. The van der Waals surface area contributed by atoms with Crippen molar-refractivity contribution in [3.05, 3.63) is 66.0 Å². The lowest BCUT2D eigenvalue weighted by atomic mass is 9.93. The van der Waals surface area contributed by atoms with E-state index in [1.807, 2.05) is 24.5 Å². The van der Waals surface area contributed by atoms with Gasteiger partial charge in [-0.05, 0) is 41.3 Å². The Labute approximate surface area is 159 Å². The minimum absolute atomic E-state index is 0.106. The highest BCUT2D eigenvalue weighted by Gasteiger charge is 2.27. The third-order valence-corrected chi connectivity index (χ3v) is 5.23. The molecule has 0 radical (unpaired) electrons. The second-order valence-electron chi connectivity index (χ2n) is 6.78. The lowest BCUT2D eigenvalue weighted by Gasteiger charge is -2.36. The molecular weight excluding hydrogens is 338 g/mol. The molecule has 0 bridgehead atoms. The van der Waals surface area contributed by atoms with E-state index in [1.165, 1.54) is 10.9 Å². The predicted octanol–water partition coefficient (Wildman–Crippen LogP) is 3.25. The van der Waals surface area contributed by atoms with Crippen molar-refractivity contribution in [1.29, 1.82) is 0 Å². The van der Waals surface area contributed by atoms with Gasteiger partial charge < -0.3 is 14.8 Å². The van der Waals surface area contributed by atoms with Crippen LogP contribution in [-0.2, 0) is 0 Å². The first-order valence-electron chi connectivity index (χ1n) is 9.30. The summed E-state index contributed by atoms with van der Waals surface area (Å²) in [5, 5.41) is 5.80. The average Bonchev–Trinajstić information content (AvgIpc) is 2.74. The molecule has 1 unspecified atom stereocenters. The standard InChI is InChI=1S/C22H25N3O2/c1-26-19-5-6-21(27-2)20(14-19)22(25-11-9-23-10-12-25)17-3-4-18-15-24-8-7-16(18)13-17/h3-8,13-15,22-23H,9-12H2,1-2H3. The summed E-state index contributed by atoms with van der Waals surface area (Å²) in [6.45, 7) is 3.94. The van der Waals surface area contributed by atoms with Gasteiger partial charge in [-0.2, -0.15) is 0 Å². The molecule has 0 amide bonds. The van der Waals surface area contributed by atoms with Crippen molar-refractivity contribution in [3.8, 4) is 11.5 Å². The van der Waals surface area contributed by atoms with Crippen LogP contribution in [-0.4, -0.2) is 50.3 Å². The van der Waals surface area contributed by atoms with Crippen molar-refractivity contribution < 1.29 is 9.47 Å². The van der Waals surface area contributed by atoms with Crippen LogP contribution in [0.15, 0.2) is 54.9 Å².